The summed E-state index contributed by atoms with van der Waals surface area (Å²) in [6, 6.07) is 18.1. The summed E-state index contributed by atoms with van der Waals surface area (Å²) in [7, 11) is -3.84. The molecule has 1 aliphatic heterocycles. The van der Waals surface area contributed by atoms with Crippen LogP contribution in [0.25, 0.3) is 0 Å². The molecule has 0 bridgehead atoms. The van der Waals surface area contributed by atoms with E-state index < -0.39 is 39.1 Å². The Hall–Kier alpha value is -2.42. The van der Waals surface area contributed by atoms with Crippen molar-refractivity contribution >= 4 is 16.1 Å². The Kier molecular flexibility index (Phi) is 7.27. The Morgan fingerprint density at radius 3 is 1.94 bits per heavy atom. The van der Waals surface area contributed by atoms with Crippen molar-refractivity contribution in [1.82, 2.24) is 9.62 Å². The summed E-state index contributed by atoms with van der Waals surface area (Å²) in [6.45, 7) is 5.85. The maximum Gasteiger partial charge on any atom is 0.410 e. The molecule has 3 rings (SSSR count). The zero-order valence-corrected chi connectivity index (χ0v) is 19.6. The first-order chi connectivity index (χ1) is 15.0. The van der Waals surface area contributed by atoms with E-state index in [4.69, 9.17) is 4.74 Å². The fourth-order valence-corrected chi connectivity index (χ4v) is 5.48. The number of carbonyl (C=O) groups excluding carboxylic acids is 1. The smallest absolute Gasteiger partial charge is 0.410 e. The molecule has 0 atom stereocenters. The summed E-state index contributed by atoms with van der Waals surface area (Å²) in [5.41, 5.74) is -0.396. The van der Waals surface area contributed by atoms with E-state index in [1.807, 2.05) is 60.7 Å². The average Bonchev–Trinajstić information content (AvgIpc) is 2.72. The topological polar surface area (TPSA) is 95.9 Å². The van der Waals surface area contributed by atoms with Gasteiger partial charge in [-0.1, -0.05) is 60.7 Å². The quantitative estimate of drug-likeness (QED) is 0.688. The zero-order chi connectivity index (χ0) is 23.4. The standard InChI is InChI=1S/C24H32N2O5S/c1-23(2,3)31-22(27)26-16-14-24(28,15-17-26)18-32(29,30)25-21(19-10-6-4-7-11-19)20-12-8-5-9-13-20/h4-13,21,25,28H,14-18H2,1-3H3. The molecule has 0 aliphatic carbocycles. The lowest BCUT2D eigenvalue weighted by Crippen LogP contribution is -2.52. The molecular weight excluding hydrogens is 428 g/mol. The Balaban J connectivity index is 1.69. The number of piperidine rings is 1. The number of sulfonamides is 1. The van der Waals surface area contributed by atoms with Crippen molar-refractivity contribution in [3.63, 3.8) is 0 Å². The van der Waals surface area contributed by atoms with E-state index in [0.29, 0.717) is 0 Å². The number of nitrogens with one attached hydrogen (secondary N) is 1. The van der Waals surface area contributed by atoms with Crippen molar-refractivity contribution in [3.8, 4) is 0 Å². The molecule has 0 radical (unpaired) electrons. The van der Waals surface area contributed by atoms with Gasteiger partial charge in [0, 0.05) is 13.1 Å². The first kappa shape index (κ1) is 24.2. The highest BCUT2D eigenvalue weighted by Gasteiger charge is 2.39. The molecule has 1 amide bonds. The number of aliphatic hydroxyl groups is 1. The fraction of sp³-hybridized carbons (Fsp3) is 0.458. The van der Waals surface area contributed by atoms with Crippen molar-refractivity contribution in [3.05, 3.63) is 71.8 Å². The highest BCUT2D eigenvalue weighted by molar-refractivity contribution is 7.89. The summed E-state index contributed by atoms with van der Waals surface area (Å²) in [5, 5.41) is 11.0. The lowest BCUT2D eigenvalue weighted by Gasteiger charge is -2.38. The minimum Gasteiger partial charge on any atom is -0.444 e. The van der Waals surface area contributed by atoms with Crippen LogP contribution in [0, 0.1) is 0 Å². The Bertz CT molecular complexity index is 956. The van der Waals surface area contributed by atoms with E-state index in [1.165, 1.54) is 4.90 Å². The van der Waals surface area contributed by atoms with Gasteiger partial charge in [0.2, 0.25) is 10.0 Å². The van der Waals surface area contributed by atoms with Gasteiger partial charge in [-0.15, -0.1) is 0 Å². The number of benzene rings is 2. The Labute approximate surface area is 190 Å². The molecule has 32 heavy (non-hydrogen) atoms. The van der Waals surface area contributed by atoms with Gasteiger partial charge in [0.25, 0.3) is 0 Å². The van der Waals surface area contributed by atoms with Gasteiger partial charge in [0.1, 0.15) is 5.60 Å². The number of hydrogen-bond donors (Lipinski definition) is 2. The van der Waals surface area contributed by atoms with E-state index in [1.54, 1.807) is 20.8 Å². The first-order valence-electron chi connectivity index (χ1n) is 10.8. The Morgan fingerprint density at radius 1 is 1.03 bits per heavy atom. The van der Waals surface area contributed by atoms with Gasteiger partial charge >= 0.3 is 6.09 Å². The van der Waals surface area contributed by atoms with Crippen molar-refractivity contribution in [1.29, 1.82) is 0 Å². The van der Waals surface area contributed by atoms with Crippen LogP contribution in [0.3, 0.4) is 0 Å². The van der Waals surface area contributed by atoms with E-state index in [0.717, 1.165) is 11.1 Å². The second kappa shape index (κ2) is 9.60. The number of amides is 1. The molecule has 2 N–H and O–H groups in total. The van der Waals surface area contributed by atoms with Crippen LogP contribution in [0.2, 0.25) is 0 Å². The third kappa shape index (κ3) is 6.79. The van der Waals surface area contributed by atoms with Gasteiger partial charge in [0.05, 0.1) is 17.4 Å². The molecule has 0 unspecified atom stereocenters. The molecule has 1 heterocycles. The average molecular weight is 461 g/mol. The number of ether oxygens (including phenoxy) is 1. The molecule has 7 nitrogen and oxygen atoms in total. The van der Waals surface area contributed by atoms with Gasteiger partial charge in [-0.25, -0.2) is 17.9 Å². The van der Waals surface area contributed by atoms with Gasteiger partial charge in [-0.3, -0.25) is 0 Å². The predicted molar refractivity (Wildman–Crippen MR) is 124 cm³/mol. The monoisotopic (exact) mass is 460 g/mol. The molecule has 1 fully saturated rings. The molecule has 1 aliphatic rings. The predicted octanol–water partition coefficient (Wildman–Crippen LogP) is 3.46. The lowest BCUT2D eigenvalue weighted by molar-refractivity contribution is -0.0198. The van der Waals surface area contributed by atoms with Gasteiger partial charge in [-0.2, -0.15) is 0 Å². The molecule has 8 heteroatoms. The minimum absolute atomic E-state index is 0.161. The lowest BCUT2D eigenvalue weighted by atomic mass is 9.94. The van der Waals surface area contributed by atoms with Crippen LogP contribution in [0.15, 0.2) is 60.7 Å². The van der Waals surface area contributed by atoms with Crippen LogP contribution in [0.4, 0.5) is 4.79 Å². The molecular formula is C24H32N2O5S. The van der Waals surface area contributed by atoms with E-state index in [-0.39, 0.29) is 25.9 Å². The van der Waals surface area contributed by atoms with Crippen molar-refractivity contribution < 1.29 is 23.1 Å². The van der Waals surface area contributed by atoms with Gasteiger partial charge in [-0.05, 0) is 44.7 Å². The maximum absolute atomic E-state index is 13.1. The number of hydrogen-bond acceptors (Lipinski definition) is 5. The summed E-state index contributed by atoms with van der Waals surface area (Å²) >= 11 is 0. The highest BCUT2D eigenvalue weighted by Crippen LogP contribution is 2.27. The second-order valence-corrected chi connectivity index (χ2v) is 11.1. The molecule has 2 aromatic rings. The highest BCUT2D eigenvalue weighted by atomic mass is 32.2. The molecule has 2 aromatic carbocycles. The van der Waals surface area contributed by atoms with Crippen LogP contribution in [-0.2, 0) is 14.8 Å². The molecule has 1 saturated heterocycles. The molecule has 174 valence electrons. The molecule has 0 aromatic heterocycles. The Morgan fingerprint density at radius 2 is 1.50 bits per heavy atom. The van der Waals surface area contributed by atoms with Crippen LogP contribution in [0.5, 0.6) is 0 Å². The minimum atomic E-state index is -3.84. The third-order valence-electron chi connectivity index (χ3n) is 5.37. The van der Waals surface area contributed by atoms with Crippen LogP contribution >= 0.6 is 0 Å². The number of nitrogens with zero attached hydrogens (tertiary/aromatic N) is 1. The van der Waals surface area contributed by atoms with Crippen molar-refractivity contribution in [2.24, 2.45) is 0 Å². The number of likely N-dealkylation sites (tertiary alicyclic amines) is 1. The normalized spacial score (nSPS) is 16.7. The zero-order valence-electron chi connectivity index (χ0n) is 18.8. The molecule has 0 saturated carbocycles. The number of carbonyl (C=O) groups is 1. The second-order valence-electron chi connectivity index (χ2n) is 9.32. The van der Waals surface area contributed by atoms with E-state index >= 15 is 0 Å². The van der Waals surface area contributed by atoms with Crippen molar-refractivity contribution in [2.75, 3.05) is 18.8 Å². The largest absolute Gasteiger partial charge is 0.444 e. The summed E-state index contributed by atoms with van der Waals surface area (Å²) in [5.74, 6) is -0.432. The van der Waals surface area contributed by atoms with E-state index in [2.05, 4.69) is 4.72 Å². The van der Waals surface area contributed by atoms with Gasteiger partial charge in [0.15, 0.2) is 0 Å². The SMILES string of the molecule is CC(C)(C)OC(=O)N1CCC(O)(CS(=O)(=O)NC(c2ccccc2)c2ccccc2)CC1. The van der Waals surface area contributed by atoms with Crippen LogP contribution < -0.4 is 4.72 Å². The van der Waals surface area contributed by atoms with E-state index in [9.17, 15) is 18.3 Å². The summed E-state index contributed by atoms with van der Waals surface area (Å²) in [6.07, 6.45) is -0.128. The summed E-state index contributed by atoms with van der Waals surface area (Å²) < 4.78 is 34.3. The van der Waals surface area contributed by atoms with Crippen LogP contribution in [0.1, 0.15) is 50.8 Å². The number of rotatable bonds is 6. The first-order valence-corrected chi connectivity index (χ1v) is 12.4. The van der Waals surface area contributed by atoms with Gasteiger partial charge < -0.3 is 14.7 Å². The fourth-order valence-electron chi connectivity index (χ4n) is 3.77. The molecule has 0 spiro atoms. The van der Waals surface area contributed by atoms with Crippen molar-refractivity contribution in [2.45, 2.75) is 50.9 Å². The summed E-state index contributed by atoms with van der Waals surface area (Å²) in [4.78, 5) is 13.8. The maximum atomic E-state index is 13.1. The third-order valence-corrected chi connectivity index (χ3v) is 6.88. The van der Waals surface area contributed by atoms with Crippen LogP contribution in [-0.4, -0.2) is 54.6 Å².